The number of phenols is 2. The number of nitro groups is 1. The quantitative estimate of drug-likeness (QED) is 0.506. The highest BCUT2D eigenvalue weighted by Crippen LogP contribution is 2.38. The fourth-order valence-corrected chi connectivity index (χ4v) is 3.16. The van der Waals surface area contributed by atoms with E-state index < -0.39 is 36.8 Å². The number of sulfone groups is 1. The Labute approximate surface area is 120 Å². The smallest absolute Gasteiger partial charge is 0.315 e. The molecule has 110 valence electrons. The zero-order valence-electron chi connectivity index (χ0n) is 10.6. The van der Waals surface area contributed by atoms with Gasteiger partial charge in [0.25, 0.3) is 0 Å². The van der Waals surface area contributed by atoms with E-state index in [2.05, 4.69) is 0 Å². The van der Waals surface area contributed by atoms with Gasteiger partial charge in [0.2, 0.25) is 5.75 Å². The summed E-state index contributed by atoms with van der Waals surface area (Å²) < 4.78 is 24.4. The lowest BCUT2D eigenvalue weighted by Gasteiger charge is -2.06. The maximum absolute atomic E-state index is 12.2. The maximum atomic E-state index is 12.2. The van der Waals surface area contributed by atoms with Crippen molar-refractivity contribution in [1.29, 1.82) is 0 Å². The third-order valence-electron chi connectivity index (χ3n) is 2.80. The van der Waals surface area contributed by atoms with Gasteiger partial charge in [0.05, 0.1) is 15.6 Å². The lowest BCUT2D eigenvalue weighted by molar-refractivity contribution is -0.386. The summed E-state index contributed by atoms with van der Waals surface area (Å²) in [4.78, 5) is 9.37. The summed E-state index contributed by atoms with van der Waals surface area (Å²) in [5.74, 6) is -2.18. The van der Waals surface area contributed by atoms with Crippen LogP contribution in [0.3, 0.4) is 0 Å². The van der Waals surface area contributed by atoms with Crippen molar-refractivity contribution in [3.63, 3.8) is 0 Å². The van der Waals surface area contributed by atoms with Crippen LogP contribution >= 0.6 is 0 Å². The number of phenolic OH excluding ortho intramolecular Hbond substituents is 2. The number of nitrogens with zero attached hydrogens (tertiary/aromatic N) is 1. The molecular formula is C13H11NO6S. The van der Waals surface area contributed by atoms with E-state index in [0.29, 0.717) is 5.56 Å². The van der Waals surface area contributed by atoms with Gasteiger partial charge in [0.1, 0.15) is 0 Å². The van der Waals surface area contributed by atoms with E-state index in [4.69, 9.17) is 0 Å². The number of rotatable bonds is 4. The molecule has 0 atom stereocenters. The highest BCUT2D eigenvalue weighted by molar-refractivity contribution is 7.90. The first kappa shape index (κ1) is 14.8. The van der Waals surface area contributed by atoms with Crippen LogP contribution in [-0.2, 0) is 15.6 Å². The fourth-order valence-electron chi connectivity index (χ4n) is 1.77. The average Bonchev–Trinajstić information content (AvgIpc) is 2.41. The summed E-state index contributed by atoms with van der Waals surface area (Å²) in [6.45, 7) is 0. The first-order valence-corrected chi connectivity index (χ1v) is 7.43. The SMILES string of the molecule is O=[N+]([O-])c1cc(S(=O)(=O)Cc2ccccc2)cc(O)c1O. The van der Waals surface area contributed by atoms with Crippen molar-refractivity contribution in [1.82, 2.24) is 0 Å². The van der Waals surface area contributed by atoms with Gasteiger partial charge in [-0.1, -0.05) is 30.3 Å². The molecule has 0 bridgehead atoms. The lowest BCUT2D eigenvalue weighted by Crippen LogP contribution is -2.05. The molecule has 2 rings (SSSR count). The van der Waals surface area contributed by atoms with E-state index in [-0.39, 0.29) is 5.75 Å². The zero-order chi connectivity index (χ0) is 15.6. The number of nitro benzene ring substituents is 1. The van der Waals surface area contributed by atoms with Crippen molar-refractivity contribution in [3.8, 4) is 11.5 Å². The molecule has 0 heterocycles. The van der Waals surface area contributed by atoms with Crippen LogP contribution in [0.2, 0.25) is 0 Å². The van der Waals surface area contributed by atoms with Crippen molar-refractivity contribution in [2.45, 2.75) is 10.6 Å². The second kappa shape index (κ2) is 5.41. The average molecular weight is 309 g/mol. The molecule has 2 N–H and O–H groups in total. The van der Waals surface area contributed by atoms with Gasteiger partial charge >= 0.3 is 5.69 Å². The molecule has 0 amide bonds. The molecule has 0 spiro atoms. The summed E-state index contributed by atoms with van der Waals surface area (Å²) in [5.41, 5.74) is -0.352. The van der Waals surface area contributed by atoms with Crippen LogP contribution < -0.4 is 0 Å². The van der Waals surface area contributed by atoms with E-state index in [0.717, 1.165) is 12.1 Å². The van der Waals surface area contributed by atoms with Crippen LogP contribution in [-0.4, -0.2) is 23.6 Å². The molecular weight excluding hydrogens is 298 g/mol. The molecule has 21 heavy (non-hydrogen) atoms. The van der Waals surface area contributed by atoms with Gasteiger partial charge in [-0.15, -0.1) is 0 Å². The van der Waals surface area contributed by atoms with Crippen molar-refractivity contribution in [2.24, 2.45) is 0 Å². The second-order valence-electron chi connectivity index (χ2n) is 4.31. The van der Waals surface area contributed by atoms with Gasteiger partial charge in [0.15, 0.2) is 15.6 Å². The Bertz CT molecular complexity index is 786. The van der Waals surface area contributed by atoms with Crippen molar-refractivity contribution in [3.05, 3.63) is 58.1 Å². The number of aromatic hydroxyl groups is 2. The van der Waals surface area contributed by atoms with Crippen LogP contribution in [0.5, 0.6) is 11.5 Å². The highest BCUT2D eigenvalue weighted by atomic mass is 32.2. The Morgan fingerprint density at radius 1 is 1.10 bits per heavy atom. The summed E-state index contributed by atoms with van der Waals surface area (Å²) in [7, 11) is -3.88. The molecule has 0 unspecified atom stereocenters. The number of hydrogen-bond acceptors (Lipinski definition) is 6. The number of hydrogen-bond donors (Lipinski definition) is 2. The van der Waals surface area contributed by atoms with E-state index in [1.54, 1.807) is 30.3 Å². The van der Waals surface area contributed by atoms with E-state index in [9.17, 15) is 28.7 Å². The highest BCUT2D eigenvalue weighted by Gasteiger charge is 2.25. The Kier molecular flexibility index (Phi) is 3.81. The van der Waals surface area contributed by atoms with Crippen LogP contribution in [0.1, 0.15) is 5.56 Å². The van der Waals surface area contributed by atoms with Crippen LogP contribution in [0.4, 0.5) is 5.69 Å². The Morgan fingerprint density at radius 3 is 2.29 bits per heavy atom. The minimum atomic E-state index is -3.88. The van der Waals surface area contributed by atoms with Gasteiger partial charge in [-0.25, -0.2) is 8.42 Å². The molecule has 0 saturated carbocycles. The van der Waals surface area contributed by atoms with Crippen molar-refractivity contribution < 1.29 is 23.6 Å². The maximum Gasteiger partial charge on any atom is 0.315 e. The predicted octanol–water partition coefficient (Wildman–Crippen LogP) is 1.98. The van der Waals surface area contributed by atoms with Crippen molar-refractivity contribution >= 4 is 15.5 Å². The summed E-state index contributed by atoms with van der Waals surface area (Å²) in [6, 6.07) is 9.79. The Hall–Kier alpha value is -2.61. The van der Waals surface area contributed by atoms with Gasteiger partial charge in [0, 0.05) is 12.1 Å². The standard InChI is InChI=1S/C13H11NO6S/c15-12-7-10(6-11(13(12)16)14(17)18)21(19,20)8-9-4-2-1-3-5-9/h1-7,15-16H,8H2. The first-order valence-electron chi connectivity index (χ1n) is 5.78. The Morgan fingerprint density at radius 2 is 1.71 bits per heavy atom. The van der Waals surface area contributed by atoms with E-state index in [1.807, 2.05) is 0 Å². The minimum absolute atomic E-state index is 0.366. The van der Waals surface area contributed by atoms with Gasteiger partial charge in [-0.05, 0) is 5.56 Å². The van der Waals surface area contributed by atoms with Gasteiger partial charge in [-0.3, -0.25) is 10.1 Å². The predicted molar refractivity (Wildman–Crippen MR) is 73.8 cm³/mol. The third kappa shape index (κ3) is 3.11. The molecule has 0 fully saturated rings. The van der Waals surface area contributed by atoms with Crippen LogP contribution in [0.15, 0.2) is 47.4 Å². The summed E-state index contributed by atoms with van der Waals surface area (Å²) >= 11 is 0. The van der Waals surface area contributed by atoms with Gasteiger partial charge < -0.3 is 10.2 Å². The minimum Gasteiger partial charge on any atom is -0.504 e. The normalized spacial score (nSPS) is 11.2. The molecule has 2 aromatic carbocycles. The second-order valence-corrected chi connectivity index (χ2v) is 6.30. The van der Waals surface area contributed by atoms with E-state index >= 15 is 0 Å². The topological polar surface area (TPSA) is 118 Å². The molecule has 0 radical (unpaired) electrons. The van der Waals surface area contributed by atoms with E-state index in [1.165, 1.54) is 0 Å². The molecule has 7 nitrogen and oxygen atoms in total. The van der Waals surface area contributed by atoms with Crippen LogP contribution in [0.25, 0.3) is 0 Å². The van der Waals surface area contributed by atoms with Gasteiger partial charge in [-0.2, -0.15) is 0 Å². The monoisotopic (exact) mass is 309 g/mol. The fraction of sp³-hybridized carbons (Fsp3) is 0.0769. The summed E-state index contributed by atoms with van der Waals surface area (Å²) in [6.07, 6.45) is 0. The van der Waals surface area contributed by atoms with Crippen LogP contribution in [0, 0.1) is 10.1 Å². The number of benzene rings is 2. The molecule has 0 saturated heterocycles. The largest absolute Gasteiger partial charge is 0.504 e. The molecule has 0 aliphatic carbocycles. The molecule has 0 aliphatic heterocycles. The molecule has 0 aromatic heterocycles. The molecule has 0 aliphatic rings. The van der Waals surface area contributed by atoms with Crippen molar-refractivity contribution in [2.75, 3.05) is 0 Å². The third-order valence-corrected chi connectivity index (χ3v) is 4.47. The molecule has 2 aromatic rings. The Balaban J connectivity index is 2.48. The first-order chi connectivity index (χ1) is 9.81. The lowest BCUT2D eigenvalue weighted by atomic mass is 10.2. The summed E-state index contributed by atoms with van der Waals surface area (Å²) in [5, 5.41) is 29.6. The molecule has 8 heteroatoms. The zero-order valence-corrected chi connectivity index (χ0v) is 11.4.